The first-order valence-corrected chi connectivity index (χ1v) is 9.07. The number of hydroxylamine groups is 1. The maximum atomic E-state index is 14.0. The molecule has 1 fully saturated rings. The number of aryl methyl sites for hydroxylation is 1. The van der Waals surface area contributed by atoms with E-state index in [1.165, 1.54) is 5.48 Å². The van der Waals surface area contributed by atoms with Crippen molar-refractivity contribution >= 4 is 11.8 Å². The minimum Gasteiger partial charge on any atom is -0.331 e. The highest BCUT2D eigenvalue weighted by molar-refractivity contribution is 5.95. The van der Waals surface area contributed by atoms with Crippen molar-refractivity contribution < 1.29 is 36.7 Å². The zero-order valence-corrected chi connectivity index (χ0v) is 15.5. The van der Waals surface area contributed by atoms with E-state index < -0.39 is 46.5 Å². The Kier molecular flexibility index (Phi) is 6.35. The zero-order chi connectivity index (χ0) is 22.0. The number of carbonyl (C=O) groups is 2. The largest absolute Gasteiger partial charge is 0.331 e. The van der Waals surface area contributed by atoms with Crippen LogP contribution in [0, 0.1) is 29.1 Å². The van der Waals surface area contributed by atoms with Gasteiger partial charge in [0.2, 0.25) is 11.7 Å². The number of hydrogen-bond acceptors (Lipinski definition) is 3. The van der Waals surface area contributed by atoms with Crippen molar-refractivity contribution in [1.29, 1.82) is 0 Å². The molecule has 0 atom stereocenters. The van der Waals surface area contributed by atoms with Crippen LogP contribution in [-0.4, -0.2) is 28.0 Å². The molecule has 5 nitrogen and oxygen atoms in total. The Morgan fingerprint density at radius 3 is 1.90 bits per heavy atom. The number of nitrogens with zero attached hydrogens (tertiary/aromatic N) is 1. The van der Waals surface area contributed by atoms with Crippen LogP contribution in [0.15, 0.2) is 24.3 Å². The highest BCUT2D eigenvalue weighted by atomic mass is 19.2. The second-order valence-electron chi connectivity index (χ2n) is 6.96. The summed E-state index contributed by atoms with van der Waals surface area (Å²) in [6, 6.07) is 6.25. The third-order valence-corrected chi connectivity index (χ3v) is 4.81. The lowest BCUT2D eigenvalue weighted by Crippen LogP contribution is -2.34. The van der Waals surface area contributed by atoms with Crippen molar-refractivity contribution in [3.8, 4) is 0 Å². The predicted octanol–water partition coefficient (Wildman–Crippen LogP) is 3.62. The van der Waals surface area contributed by atoms with Gasteiger partial charge >= 0.3 is 0 Å². The topological polar surface area (TPSA) is 69.6 Å². The van der Waals surface area contributed by atoms with Crippen LogP contribution in [0.25, 0.3) is 0 Å². The van der Waals surface area contributed by atoms with Crippen LogP contribution in [0.3, 0.4) is 0 Å². The highest BCUT2D eigenvalue weighted by Gasteiger charge is 2.38. The second-order valence-corrected chi connectivity index (χ2v) is 6.96. The number of amides is 2. The Morgan fingerprint density at radius 2 is 1.40 bits per heavy atom. The molecule has 2 N–H and O–H groups in total. The monoisotopic (exact) mass is 428 g/mol. The minimum absolute atomic E-state index is 0.0583. The smallest absolute Gasteiger partial charge is 0.260 e. The van der Waals surface area contributed by atoms with Crippen molar-refractivity contribution in [3.63, 3.8) is 0 Å². The fraction of sp³-hybridized carbons (Fsp3) is 0.300. The summed E-state index contributed by atoms with van der Waals surface area (Å²) in [6.07, 6.45) is 1.51. The molecule has 1 aliphatic carbocycles. The third-order valence-electron chi connectivity index (χ3n) is 4.81. The highest BCUT2D eigenvalue weighted by Crippen LogP contribution is 2.32. The van der Waals surface area contributed by atoms with Gasteiger partial charge in [0.25, 0.3) is 5.91 Å². The first-order chi connectivity index (χ1) is 14.2. The first-order valence-electron chi connectivity index (χ1n) is 9.07. The van der Waals surface area contributed by atoms with Gasteiger partial charge in [-0.25, -0.2) is 27.4 Å². The molecule has 0 aliphatic heterocycles. The Hall–Kier alpha value is -3.01. The summed E-state index contributed by atoms with van der Waals surface area (Å²) >= 11 is 0. The molecule has 2 aromatic rings. The predicted molar refractivity (Wildman–Crippen MR) is 93.8 cm³/mol. The fourth-order valence-corrected chi connectivity index (χ4v) is 3.01. The van der Waals surface area contributed by atoms with Crippen LogP contribution in [-0.2, 0) is 17.8 Å². The molecular formula is C20H17F5N2O3. The van der Waals surface area contributed by atoms with Gasteiger partial charge in [0.05, 0.1) is 0 Å². The van der Waals surface area contributed by atoms with Crippen LogP contribution in [0.4, 0.5) is 22.0 Å². The van der Waals surface area contributed by atoms with Crippen LogP contribution in [0.5, 0.6) is 0 Å². The van der Waals surface area contributed by atoms with Gasteiger partial charge in [-0.15, -0.1) is 0 Å². The van der Waals surface area contributed by atoms with Gasteiger partial charge in [-0.1, -0.05) is 24.3 Å². The number of carbonyl (C=O) groups excluding carboxylic acids is 2. The van der Waals surface area contributed by atoms with Gasteiger partial charge < -0.3 is 4.90 Å². The van der Waals surface area contributed by atoms with Gasteiger partial charge in [-0.05, 0) is 30.4 Å². The van der Waals surface area contributed by atoms with Crippen molar-refractivity contribution in [2.75, 3.05) is 0 Å². The summed E-state index contributed by atoms with van der Waals surface area (Å²) in [4.78, 5) is 24.8. The molecule has 0 unspecified atom stereocenters. The van der Waals surface area contributed by atoms with Crippen molar-refractivity contribution in [2.24, 2.45) is 0 Å². The Morgan fingerprint density at radius 1 is 0.900 bits per heavy atom. The molecule has 2 amide bonds. The van der Waals surface area contributed by atoms with E-state index in [1.807, 2.05) is 0 Å². The molecule has 2 aromatic carbocycles. The van der Waals surface area contributed by atoms with Gasteiger partial charge in [0.15, 0.2) is 23.3 Å². The van der Waals surface area contributed by atoms with E-state index in [0.717, 1.165) is 10.5 Å². The van der Waals surface area contributed by atoms with Crippen molar-refractivity contribution in [1.82, 2.24) is 10.4 Å². The fourth-order valence-electron chi connectivity index (χ4n) is 3.01. The molecule has 1 saturated carbocycles. The second kappa shape index (κ2) is 8.78. The van der Waals surface area contributed by atoms with Gasteiger partial charge in [-0.2, -0.15) is 0 Å². The number of hydrogen-bond donors (Lipinski definition) is 2. The number of nitrogens with one attached hydrogen (secondary N) is 1. The van der Waals surface area contributed by atoms with Gasteiger partial charge in [0.1, 0.15) is 5.56 Å². The summed E-state index contributed by atoms with van der Waals surface area (Å²) in [5.74, 6) is -12.8. The molecule has 0 aromatic heterocycles. The summed E-state index contributed by atoms with van der Waals surface area (Å²) in [6.45, 7) is -0.0829. The average molecular weight is 428 g/mol. The standard InChI is InChI=1S/C20H17F5N2O3/c21-15-14(16(22)18(24)19(25)17(15)23)20(29)27(12-6-7-12)9-11-3-1-10(2-4-11)5-8-13(28)26-30/h1-4,12,30H,5-9H2,(H,26,28). The molecule has 30 heavy (non-hydrogen) atoms. The van der Waals surface area contributed by atoms with E-state index in [0.29, 0.717) is 24.8 Å². The number of rotatable bonds is 7. The van der Waals surface area contributed by atoms with Crippen LogP contribution in [0.2, 0.25) is 0 Å². The van der Waals surface area contributed by atoms with Crippen LogP contribution < -0.4 is 5.48 Å². The summed E-state index contributed by atoms with van der Waals surface area (Å²) in [5.41, 5.74) is 1.40. The van der Waals surface area contributed by atoms with E-state index in [4.69, 9.17) is 5.21 Å². The van der Waals surface area contributed by atoms with Gasteiger partial charge in [-0.3, -0.25) is 14.8 Å². The molecule has 0 radical (unpaired) electrons. The maximum Gasteiger partial charge on any atom is 0.260 e. The molecule has 0 saturated heterocycles. The molecule has 1 aliphatic rings. The Bertz CT molecular complexity index is 948. The average Bonchev–Trinajstić information content (AvgIpc) is 3.59. The lowest BCUT2D eigenvalue weighted by atomic mass is 10.1. The van der Waals surface area contributed by atoms with E-state index in [-0.39, 0.29) is 19.0 Å². The molecule has 0 bridgehead atoms. The zero-order valence-electron chi connectivity index (χ0n) is 15.5. The van der Waals surface area contributed by atoms with Gasteiger partial charge in [0, 0.05) is 19.0 Å². The molecule has 160 valence electrons. The summed E-state index contributed by atoms with van der Waals surface area (Å²) < 4.78 is 68.3. The molecular weight excluding hydrogens is 411 g/mol. The lowest BCUT2D eigenvalue weighted by molar-refractivity contribution is -0.129. The van der Waals surface area contributed by atoms with Crippen LogP contribution in [0.1, 0.15) is 40.7 Å². The lowest BCUT2D eigenvalue weighted by Gasteiger charge is -2.23. The molecule has 0 heterocycles. The summed E-state index contributed by atoms with van der Waals surface area (Å²) in [5, 5.41) is 8.49. The van der Waals surface area contributed by atoms with E-state index >= 15 is 0 Å². The summed E-state index contributed by atoms with van der Waals surface area (Å²) in [7, 11) is 0. The molecule has 10 heteroatoms. The minimum atomic E-state index is -2.31. The first kappa shape index (κ1) is 21.7. The van der Waals surface area contributed by atoms with Crippen molar-refractivity contribution in [2.45, 2.75) is 38.3 Å². The van der Waals surface area contributed by atoms with Crippen LogP contribution >= 0.6 is 0 Å². The Balaban J connectivity index is 1.81. The Labute approximate surface area is 168 Å². The van der Waals surface area contributed by atoms with E-state index in [2.05, 4.69) is 0 Å². The third kappa shape index (κ3) is 4.43. The maximum absolute atomic E-state index is 14.0. The van der Waals surface area contributed by atoms with E-state index in [9.17, 15) is 31.5 Å². The molecule has 0 spiro atoms. The number of benzene rings is 2. The number of halogens is 5. The molecule has 3 rings (SSSR count). The van der Waals surface area contributed by atoms with Crippen molar-refractivity contribution in [3.05, 3.63) is 70.0 Å². The quantitative estimate of drug-likeness (QED) is 0.233. The SMILES string of the molecule is O=C(CCc1ccc(CN(C(=O)c2c(F)c(F)c(F)c(F)c2F)C2CC2)cc1)NO. The van der Waals surface area contributed by atoms with E-state index in [1.54, 1.807) is 24.3 Å². The normalized spacial score (nSPS) is 13.3.